The number of esters is 2. The highest BCUT2D eigenvalue weighted by Gasteiger charge is 2.28. The Labute approximate surface area is 335 Å². The van der Waals surface area contributed by atoms with E-state index in [4.69, 9.17) is 24.8 Å². The number of aliphatic hydroxyl groups excluding tert-OH is 2. The first-order valence-corrected chi connectivity index (χ1v) is 22.0. The summed E-state index contributed by atoms with van der Waals surface area (Å²) in [6.07, 6.45) is 33.6. The number of unbranched alkanes of at least 4 members (excludes halogenated alkanes) is 11. The molecule has 0 bridgehead atoms. The highest BCUT2D eigenvalue weighted by Crippen LogP contribution is 2.43. The number of nitrogens with two attached hydrogens (primary N) is 1. The van der Waals surface area contributed by atoms with E-state index in [2.05, 4.69) is 30.5 Å². The second kappa shape index (κ2) is 36.4. The predicted octanol–water partition coefficient (Wildman–Crippen LogP) is 8.33. The third-order valence-electron chi connectivity index (χ3n) is 8.45. The molecule has 0 saturated carbocycles. The first-order chi connectivity index (χ1) is 26.9. The van der Waals surface area contributed by atoms with Gasteiger partial charge in [-0.25, -0.2) is 4.57 Å². The summed E-state index contributed by atoms with van der Waals surface area (Å²) >= 11 is 0. The molecule has 0 aromatic heterocycles. The van der Waals surface area contributed by atoms with Crippen LogP contribution in [0.4, 0.5) is 0 Å². The molecule has 0 spiro atoms. The summed E-state index contributed by atoms with van der Waals surface area (Å²) in [6, 6.07) is -1.56. The smallest absolute Gasteiger partial charge is 0.472 e. The Hall–Kier alpha value is -2.90. The first kappa shape index (κ1) is 53.1. The molecule has 0 aliphatic carbocycles. The van der Waals surface area contributed by atoms with Crippen LogP contribution in [-0.4, -0.2) is 82.3 Å². The second-order valence-corrected chi connectivity index (χ2v) is 15.3. The van der Waals surface area contributed by atoms with E-state index in [1.54, 1.807) is 18.2 Å². The summed E-state index contributed by atoms with van der Waals surface area (Å²) < 4.78 is 32.4. The Balaban J connectivity index is 4.66. The van der Waals surface area contributed by atoms with Crippen molar-refractivity contribution < 1.29 is 57.7 Å². The maximum absolute atomic E-state index is 12.6. The number of allylic oxidation sites excluding steroid dienone is 8. The normalized spacial score (nSPS) is 15.5. The Morgan fingerprint density at radius 2 is 1.16 bits per heavy atom. The largest absolute Gasteiger partial charge is 0.480 e. The molecule has 1 unspecified atom stereocenters. The third kappa shape index (κ3) is 35.5. The van der Waals surface area contributed by atoms with Crippen LogP contribution >= 0.6 is 7.82 Å². The van der Waals surface area contributed by atoms with Crippen LogP contribution in [0.15, 0.2) is 60.8 Å². The van der Waals surface area contributed by atoms with Crippen LogP contribution in [0, 0.1) is 0 Å². The summed E-state index contributed by atoms with van der Waals surface area (Å²) in [6.45, 7) is 2.42. The van der Waals surface area contributed by atoms with Gasteiger partial charge in [0.1, 0.15) is 12.6 Å². The number of phosphoric acid groups is 1. The fourth-order valence-electron chi connectivity index (χ4n) is 5.10. The lowest BCUT2D eigenvalue weighted by Crippen LogP contribution is -2.34. The van der Waals surface area contributed by atoms with Gasteiger partial charge in [-0.15, -0.1) is 0 Å². The topological polar surface area (TPSA) is 212 Å². The van der Waals surface area contributed by atoms with E-state index >= 15 is 0 Å². The minimum absolute atomic E-state index is 0.0304. The molecule has 6 N–H and O–H groups in total. The molecule has 0 aliphatic heterocycles. The van der Waals surface area contributed by atoms with Gasteiger partial charge in [0.15, 0.2) is 6.10 Å². The molecule has 0 heterocycles. The zero-order chi connectivity index (χ0) is 41.7. The molecule has 5 atom stereocenters. The van der Waals surface area contributed by atoms with Crippen molar-refractivity contribution in [3.8, 4) is 0 Å². The number of aliphatic hydroxyl groups is 2. The van der Waals surface area contributed by atoms with Crippen molar-refractivity contribution in [3.63, 3.8) is 0 Å². The van der Waals surface area contributed by atoms with Gasteiger partial charge in [-0.3, -0.25) is 23.4 Å². The molecule has 0 amide bonds. The molecule has 14 heteroatoms. The Morgan fingerprint density at radius 1 is 0.643 bits per heavy atom. The van der Waals surface area contributed by atoms with E-state index in [-0.39, 0.29) is 12.8 Å². The van der Waals surface area contributed by atoms with Gasteiger partial charge in [-0.2, -0.15) is 0 Å². The number of hydrogen-bond acceptors (Lipinski definition) is 11. The average molecular weight is 814 g/mol. The highest BCUT2D eigenvalue weighted by molar-refractivity contribution is 7.47. The quantitative estimate of drug-likeness (QED) is 0.0131. The van der Waals surface area contributed by atoms with Crippen molar-refractivity contribution in [3.05, 3.63) is 60.8 Å². The second-order valence-electron chi connectivity index (χ2n) is 13.8. The van der Waals surface area contributed by atoms with Crippen molar-refractivity contribution in [1.29, 1.82) is 0 Å². The SMILES string of the molecule is CCCCCC/C=C\CCCCCCCC(=O)O[C@H](COC(=O)CCC[C@@H](O)/C=C/C=C\C/C=C\C=C\[C@@H](O)CCCCC)COP(=O)(O)OC[C@H](N)C(=O)O. The lowest BCUT2D eigenvalue weighted by Gasteiger charge is -2.20. The maximum Gasteiger partial charge on any atom is 0.472 e. The molecule has 322 valence electrons. The van der Waals surface area contributed by atoms with Gasteiger partial charge in [-0.05, 0) is 57.8 Å². The summed E-state index contributed by atoms with van der Waals surface area (Å²) in [7, 11) is -4.77. The Morgan fingerprint density at radius 3 is 1.77 bits per heavy atom. The zero-order valence-corrected chi connectivity index (χ0v) is 34.8. The van der Waals surface area contributed by atoms with Crippen molar-refractivity contribution in [2.24, 2.45) is 5.73 Å². The molecule has 0 saturated heterocycles. The molecule has 0 fully saturated rings. The van der Waals surface area contributed by atoms with Crippen LogP contribution in [-0.2, 0) is 37.5 Å². The number of carbonyl (C=O) groups excluding carboxylic acids is 2. The van der Waals surface area contributed by atoms with Gasteiger partial charge in [0.2, 0.25) is 0 Å². The lowest BCUT2D eigenvalue weighted by atomic mass is 10.1. The van der Waals surface area contributed by atoms with Crippen LogP contribution in [0.1, 0.15) is 142 Å². The van der Waals surface area contributed by atoms with Crippen molar-refractivity contribution in [2.45, 2.75) is 167 Å². The van der Waals surface area contributed by atoms with E-state index in [9.17, 15) is 34.1 Å². The molecular weight excluding hydrogens is 741 g/mol. The first-order valence-electron chi connectivity index (χ1n) is 20.5. The number of carbonyl (C=O) groups is 3. The predicted molar refractivity (Wildman–Crippen MR) is 220 cm³/mol. The van der Waals surface area contributed by atoms with Crippen LogP contribution in [0.2, 0.25) is 0 Å². The van der Waals surface area contributed by atoms with Crippen LogP contribution < -0.4 is 5.73 Å². The van der Waals surface area contributed by atoms with Gasteiger partial charge < -0.3 is 35.4 Å². The molecule has 56 heavy (non-hydrogen) atoms. The standard InChI is InChI=1S/C42H72NO12P/c1-3-5-7-8-9-10-11-12-13-14-18-21-25-31-41(47)55-38(34-53-56(50,51)54-35-39(43)42(48)49)33-52-40(46)32-26-30-37(45)29-24-20-17-15-16-19-23-28-36(44)27-22-6-4-2/h10-11,16-17,19-20,23-24,28-29,36-39,44-45H,3-9,12-15,18,21-22,25-27,30-35,43H2,1-2H3,(H,48,49)(H,50,51)/b11-10-,19-16-,20-17-,28-23+,29-24+/t36-,37-,38+,39-/m0/s1. The Bertz CT molecular complexity index is 1220. The third-order valence-corrected chi connectivity index (χ3v) is 9.40. The van der Waals surface area contributed by atoms with Gasteiger partial charge in [0.05, 0.1) is 25.4 Å². The van der Waals surface area contributed by atoms with E-state index in [1.807, 2.05) is 30.4 Å². The number of ether oxygens (including phenoxy) is 2. The summed E-state index contributed by atoms with van der Waals surface area (Å²) in [5.74, 6) is -2.65. The lowest BCUT2D eigenvalue weighted by molar-refractivity contribution is -0.161. The molecule has 0 aromatic rings. The van der Waals surface area contributed by atoms with E-state index < -0.39 is 69.9 Å². The summed E-state index contributed by atoms with van der Waals surface area (Å²) in [4.78, 5) is 45.9. The monoisotopic (exact) mass is 813 g/mol. The summed E-state index contributed by atoms with van der Waals surface area (Å²) in [5, 5.41) is 29.0. The molecule has 0 radical (unpaired) electrons. The molecule has 13 nitrogen and oxygen atoms in total. The van der Waals surface area contributed by atoms with E-state index in [1.165, 1.54) is 25.7 Å². The molecular formula is C42H72NO12P. The summed E-state index contributed by atoms with van der Waals surface area (Å²) in [5.41, 5.74) is 5.31. The van der Waals surface area contributed by atoms with Gasteiger partial charge >= 0.3 is 25.7 Å². The highest BCUT2D eigenvalue weighted by atomic mass is 31.2. The zero-order valence-electron chi connectivity index (χ0n) is 33.9. The fourth-order valence-corrected chi connectivity index (χ4v) is 5.87. The number of hydrogen-bond donors (Lipinski definition) is 5. The maximum atomic E-state index is 12.6. The fraction of sp³-hybridized carbons (Fsp3) is 0.690. The minimum Gasteiger partial charge on any atom is -0.480 e. The average Bonchev–Trinajstić information content (AvgIpc) is 3.16. The van der Waals surface area contributed by atoms with Crippen molar-refractivity contribution in [2.75, 3.05) is 19.8 Å². The van der Waals surface area contributed by atoms with E-state index in [0.29, 0.717) is 25.7 Å². The van der Waals surface area contributed by atoms with Gasteiger partial charge in [0, 0.05) is 12.8 Å². The number of carboxylic acid groups (broad SMARTS) is 1. The van der Waals surface area contributed by atoms with Gasteiger partial charge in [-0.1, -0.05) is 132 Å². The number of phosphoric ester groups is 1. The van der Waals surface area contributed by atoms with Crippen LogP contribution in [0.3, 0.4) is 0 Å². The van der Waals surface area contributed by atoms with Crippen LogP contribution in [0.5, 0.6) is 0 Å². The van der Waals surface area contributed by atoms with Gasteiger partial charge in [0.25, 0.3) is 0 Å². The van der Waals surface area contributed by atoms with Crippen molar-refractivity contribution in [1.82, 2.24) is 0 Å². The number of rotatable bonds is 37. The van der Waals surface area contributed by atoms with Crippen LogP contribution in [0.25, 0.3) is 0 Å². The molecule has 0 rings (SSSR count). The molecule has 0 aromatic carbocycles. The Kier molecular flexibility index (Phi) is 34.6. The van der Waals surface area contributed by atoms with E-state index in [0.717, 1.165) is 64.2 Å². The minimum atomic E-state index is -4.77. The number of carboxylic acids is 1. The number of aliphatic carboxylic acids is 1. The molecule has 0 aliphatic rings. The van der Waals surface area contributed by atoms with Crippen molar-refractivity contribution >= 4 is 25.7 Å².